The van der Waals surface area contributed by atoms with E-state index in [1.54, 1.807) is 6.92 Å². The molecule has 1 aromatic rings. The van der Waals surface area contributed by atoms with Gasteiger partial charge in [0, 0.05) is 12.8 Å². The lowest BCUT2D eigenvalue weighted by atomic mass is 10.1. The van der Waals surface area contributed by atoms with Crippen molar-refractivity contribution in [2.45, 2.75) is 25.9 Å². The number of hydrogen-bond donors (Lipinski definition) is 1. The fourth-order valence-corrected chi connectivity index (χ4v) is 1.98. The lowest BCUT2D eigenvalue weighted by Crippen LogP contribution is -2.27. The summed E-state index contributed by atoms with van der Waals surface area (Å²) in [6.45, 7) is 3.15. The molecular weight excluding hydrogens is 286 g/mol. The van der Waals surface area contributed by atoms with E-state index in [0.29, 0.717) is 13.2 Å². The molecule has 2 heterocycles. The van der Waals surface area contributed by atoms with Crippen LogP contribution in [0.2, 0.25) is 5.28 Å². The Hall–Kier alpha value is -1.60. The number of nitrogen functional groups attached to an aromatic ring is 1. The van der Waals surface area contributed by atoms with Crippen LogP contribution >= 0.6 is 11.6 Å². The summed E-state index contributed by atoms with van der Waals surface area (Å²) in [4.78, 5) is 19.5. The van der Waals surface area contributed by atoms with E-state index in [1.807, 2.05) is 0 Å². The second-order valence-electron chi connectivity index (χ2n) is 4.21. The van der Waals surface area contributed by atoms with Gasteiger partial charge >= 0.3 is 5.97 Å². The van der Waals surface area contributed by atoms with E-state index < -0.39 is 5.97 Å². The highest BCUT2D eigenvalue weighted by Gasteiger charge is 2.23. The number of nitrogens with zero attached hydrogens (tertiary/aromatic N) is 2. The van der Waals surface area contributed by atoms with Gasteiger partial charge in [0.05, 0.1) is 19.8 Å². The van der Waals surface area contributed by atoms with Crippen LogP contribution in [-0.2, 0) is 9.47 Å². The van der Waals surface area contributed by atoms with E-state index in [1.165, 1.54) is 0 Å². The van der Waals surface area contributed by atoms with Gasteiger partial charge in [0.25, 0.3) is 0 Å². The molecule has 0 bridgehead atoms. The summed E-state index contributed by atoms with van der Waals surface area (Å²) in [7, 11) is 0. The molecule has 0 atom stereocenters. The average molecular weight is 302 g/mol. The van der Waals surface area contributed by atoms with Gasteiger partial charge < -0.3 is 19.9 Å². The van der Waals surface area contributed by atoms with Crippen molar-refractivity contribution >= 4 is 23.3 Å². The van der Waals surface area contributed by atoms with Crippen molar-refractivity contribution < 1.29 is 19.0 Å². The van der Waals surface area contributed by atoms with Crippen LogP contribution in [0.5, 0.6) is 5.88 Å². The molecule has 0 aliphatic carbocycles. The molecule has 0 amide bonds. The predicted molar refractivity (Wildman–Crippen MR) is 71.9 cm³/mol. The monoisotopic (exact) mass is 301 g/mol. The number of aromatic nitrogens is 2. The maximum atomic E-state index is 11.7. The summed E-state index contributed by atoms with van der Waals surface area (Å²) in [5.41, 5.74) is 5.83. The number of rotatable bonds is 4. The number of carbonyl (C=O) groups is 1. The second kappa shape index (κ2) is 6.71. The summed E-state index contributed by atoms with van der Waals surface area (Å²) >= 11 is 5.79. The smallest absolute Gasteiger partial charge is 0.359 e. The molecule has 110 valence electrons. The fourth-order valence-electron chi connectivity index (χ4n) is 1.82. The van der Waals surface area contributed by atoms with Crippen molar-refractivity contribution in [1.29, 1.82) is 0 Å². The Morgan fingerprint density at radius 2 is 2.15 bits per heavy atom. The van der Waals surface area contributed by atoms with E-state index in [2.05, 4.69) is 9.97 Å². The number of halogens is 1. The van der Waals surface area contributed by atoms with Gasteiger partial charge in [-0.3, -0.25) is 0 Å². The summed E-state index contributed by atoms with van der Waals surface area (Å²) in [6.07, 6.45) is 1.40. The highest BCUT2D eigenvalue weighted by Crippen LogP contribution is 2.27. The molecule has 1 fully saturated rings. The highest BCUT2D eigenvalue weighted by atomic mass is 35.5. The van der Waals surface area contributed by atoms with Crippen LogP contribution < -0.4 is 10.5 Å². The molecule has 2 rings (SSSR count). The van der Waals surface area contributed by atoms with Gasteiger partial charge in [-0.1, -0.05) is 0 Å². The van der Waals surface area contributed by atoms with Crippen molar-refractivity contribution in [3.63, 3.8) is 0 Å². The quantitative estimate of drug-likeness (QED) is 0.664. The van der Waals surface area contributed by atoms with Crippen LogP contribution in [0.25, 0.3) is 0 Å². The Labute approximate surface area is 121 Å². The van der Waals surface area contributed by atoms with Crippen molar-refractivity contribution in [2.24, 2.45) is 0 Å². The molecule has 0 radical (unpaired) electrons. The molecule has 0 spiro atoms. The number of anilines is 1. The molecule has 1 saturated heterocycles. The number of nitrogens with two attached hydrogens (primary N) is 1. The Kier molecular flexibility index (Phi) is 4.97. The van der Waals surface area contributed by atoms with Gasteiger partial charge in [0.15, 0.2) is 5.69 Å². The lowest BCUT2D eigenvalue weighted by Gasteiger charge is -2.23. The largest absolute Gasteiger partial charge is 0.473 e. The minimum atomic E-state index is -0.647. The van der Waals surface area contributed by atoms with Gasteiger partial charge in [0.2, 0.25) is 11.2 Å². The van der Waals surface area contributed by atoms with Crippen LogP contribution in [0.4, 0.5) is 5.69 Å². The van der Waals surface area contributed by atoms with Gasteiger partial charge in [-0.25, -0.2) is 9.78 Å². The molecule has 1 aromatic heterocycles. The number of carbonyl (C=O) groups excluding carboxylic acids is 1. The topological polar surface area (TPSA) is 96.6 Å². The SMILES string of the molecule is CCOC(=O)c1nc(Cl)nc(OC2CCOCC2)c1N. The van der Waals surface area contributed by atoms with Crippen molar-refractivity contribution in [3.8, 4) is 5.88 Å². The lowest BCUT2D eigenvalue weighted by molar-refractivity contribution is 0.0238. The normalized spacial score (nSPS) is 15.9. The summed E-state index contributed by atoms with van der Waals surface area (Å²) in [5, 5.41) is -0.107. The first-order chi connectivity index (χ1) is 9.61. The number of ether oxygens (including phenoxy) is 3. The molecule has 0 unspecified atom stereocenters. The molecule has 2 N–H and O–H groups in total. The fraction of sp³-hybridized carbons (Fsp3) is 0.583. The molecule has 1 aliphatic heterocycles. The van der Waals surface area contributed by atoms with Crippen molar-refractivity contribution in [2.75, 3.05) is 25.6 Å². The molecule has 7 nitrogen and oxygen atoms in total. The first-order valence-corrected chi connectivity index (χ1v) is 6.74. The average Bonchev–Trinajstić information content (AvgIpc) is 2.44. The molecule has 0 aromatic carbocycles. The van der Waals surface area contributed by atoms with Crippen molar-refractivity contribution in [3.05, 3.63) is 11.0 Å². The maximum Gasteiger partial charge on any atom is 0.359 e. The second-order valence-corrected chi connectivity index (χ2v) is 4.55. The van der Waals surface area contributed by atoms with Crippen LogP contribution in [0, 0.1) is 0 Å². The molecule has 20 heavy (non-hydrogen) atoms. The summed E-state index contributed by atoms with van der Waals surface area (Å²) in [6, 6.07) is 0. The van der Waals surface area contributed by atoms with Crippen molar-refractivity contribution in [1.82, 2.24) is 9.97 Å². The minimum absolute atomic E-state index is 0.0411. The Morgan fingerprint density at radius 1 is 1.45 bits per heavy atom. The Morgan fingerprint density at radius 3 is 2.80 bits per heavy atom. The molecule has 0 saturated carbocycles. The summed E-state index contributed by atoms with van der Waals surface area (Å²) < 4.78 is 15.8. The predicted octanol–water partition coefficient (Wildman–Crippen LogP) is 1.45. The first-order valence-electron chi connectivity index (χ1n) is 6.36. The van der Waals surface area contributed by atoms with E-state index in [9.17, 15) is 4.79 Å². The zero-order valence-electron chi connectivity index (χ0n) is 11.1. The summed E-state index contributed by atoms with van der Waals surface area (Å²) in [5.74, 6) is -0.536. The zero-order valence-corrected chi connectivity index (χ0v) is 11.9. The highest BCUT2D eigenvalue weighted by molar-refractivity contribution is 6.28. The maximum absolute atomic E-state index is 11.7. The van der Waals surface area contributed by atoms with E-state index in [4.69, 9.17) is 31.5 Å². The van der Waals surface area contributed by atoms with Gasteiger partial charge in [-0.15, -0.1) is 0 Å². The van der Waals surface area contributed by atoms with Gasteiger partial charge in [0.1, 0.15) is 11.8 Å². The molecular formula is C12H16ClN3O4. The standard InChI is InChI=1S/C12H16ClN3O4/c1-2-19-11(17)9-8(14)10(16-12(13)15-9)20-7-3-5-18-6-4-7/h7H,2-6,14H2,1H3. The zero-order chi connectivity index (χ0) is 14.5. The number of hydrogen-bond acceptors (Lipinski definition) is 7. The van der Waals surface area contributed by atoms with E-state index >= 15 is 0 Å². The third kappa shape index (κ3) is 3.49. The van der Waals surface area contributed by atoms with Crippen LogP contribution in [-0.4, -0.2) is 41.9 Å². The minimum Gasteiger partial charge on any atom is -0.473 e. The third-order valence-electron chi connectivity index (χ3n) is 2.80. The van der Waals surface area contributed by atoms with Crippen LogP contribution in [0.3, 0.4) is 0 Å². The first kappa shape index (κ1) is 14.8. The van der Waals surface area contributed by atoms with Crippen LogP contribution in [0.1, 0.15) is 30.3 Å². The molecule has 8 heteroatoms. The Balaban J connectivity index is 2.21. The van der Waals surface area contributed by atoms with E-state index in [-0.39, 0.29) is 35.3 Å². The van der Waals surface area contributed by atoms with E-state index in [0.717, 1.165) is 12.8 Å². The van der Waals surface area contributed by atoms with Gasteiger partial charge in [-0.05, 0) is 18.5 Å². The van der Waals surface area contributed by atoms with Crippen LogP contribution in [0.15, 0.2) is 0 Å². The molecule has 1 aliphatic rings. The Bertz CT molecular complexity index is 492. The third-order valence-corrected chi connectivity index (χ3v) is 2.97. The van der Waals surface area contributed by atoms with Gasteiger partial charge in [-0.2, -0.15) is 4.98 Å². The number of esters is 1.